The van der Waals surface area contributed by atoms with Crippen molar-refractivity contribution in [2.75, 3.05) is 39.3 Å². The van der Waals surface area contributed by atoms with Crippen molar-refractivity contribution in [2.24, 2.45) is 0 Å². The molecular weight excluding hydrogens is 604 g/mol. The number of carbonyl (C=O) groups excluding carboxylic acids is 1. The Labute approximate surface area is 250 Å². The lowest BCUT2D eigenvalue weighted by atomic mass is 9.87. The van der Waals surface area contributed by atoms with Gasteiger partial charge in [0.2, 0.25) is 0 Å². The normalized spacial score (nSPS) is 20.4. The summed E-state index contributed by atoms with van der Waals surface area (Å²) in [5.74, 6) is -1.68. The van der Waals surface area contributed by atoms with Crippen molar-refractivity contribution in [3.63, 3.8) is 0 Å². The van der Waals surface area contributed by atoms with E-state index in [0.717, 1.165) is 48.7 Å². The van der Waals surface area contributed by atoms with Crippen molar-refractivity contribution >= 4 is 35.1 Å². The molecule has 9 nitrogen and oxygen atoms in total. The van der Waals surface area contributed by atoms with Gasteiger partial charge in [-0.2, -0.15) is 13.2 Å². The first kappa shape index (κ1) is 32.2. The second kappa shape index (κ2) is 13.3. The van der Waals surface area contributed by atoms with E-state index >= 15 is 0 Å². The predicted octanol–water partition coefficient (Wildman–Crippen LogP) is 4.04. The summed E-state index contributed by atoms with van der Waals surface area (Å²) in [5.41, 5.74) is 1.32. The number of β-amino-alcohol motifs (C(OH)–C–C–N with tert-alkyl or cyclic N) is 2. The van der Waals surface area contributed by atoms with E-state index in [0.29, 0.717) is 42.4 Å². The quantitative estimate of drug-likeness (QED) is 0.436. The lowest BCUT2D eigenvalue weighted by Gasteiger charge is -2.39. The lowest BCUT2D eigenvalue weighted by Crippen LogP contribution is -2.49. The number of amides is 1. The topological polar surface area (TPSA) is 120 Å². The lowest BCUT2D eigenvalue weighted by molar-refractivity contribution is -0.192. The van der Waals surface area contributed by atoms with Crippen LogP contribution < -0.4 is 9.47 Å². The molecule has 0 radical (unpaired) electrons. The fourth-order valence-corrected chi connectivity index (χ4v) is 5.62. The highest BCUT2D eigenvalue weighted by Gasteiger charge is 2.42. The van der Waals surface area contributed by atoms with E-state index in [1.54, 1.807) is 23.1 Å². The summed E-state index contributed by atoms with van der Waals surface area (Å²) in [6.07, 6.45) is -3.12. The molecule has 0 aromatic heterocycles. The highest BCUT2D eigenvalue weighted by Crippen LogP contribution is 2.42. The molecule has 0 saturated carbocycles. The van der Waals surface area contributed by atoms with Crippen LogP contribution in [0.5, 0.6) is 11.5 Å². The number of halogens is 5. The predicted molar refractivity (Wildman–Crippen MR) is 147 cm³/mol. The number of hydrogen-bond acceptors (Lipinski definition) is 7. The van der Waals surface area contributed by atoms with Crippen molar-refractivity contribution in [3.05, 3.63) is 57.6 Å². The Kier molecular flexibility index (Phi) is 10.1. The standard InChI is InChI=1S/C26H30Cl2N2O5.C2HF3O2/c27-18-1-3-23-17(11-18)13-26(35-23)6-9-29(10-7-26)14-21(32)16-34-24-4-2-19(28)12-22(24)25(33)30-8-5-20(31)15-30;3-2(4,5)1(6)7/h1-4,11-12,20-21,31-32H,5-10,13-16H2;(H,6,7)/t20-,21-;/m0./s1. The monoisotopic (exact) mass is 634 g/mol. The van der Waals surface area contributed by atoms with Crippen molar-refractivity contribution in [1.82, 2.24) is 9.80 Å². The van der Waals surface area contributed by atoms with Gasteiger partial charge in [0.15, 0.2) is 0 Å². The summed E-state index contributed by atoms with van der Waals surface area (Å²) < 4.78 is 43.9. The molecule has 0 bridgehead atoms. The molecule has 2 aromatic carbocycles. The third-order valence-electron chi connectivity index (χ3n) is 7.39. The number of carbonyl (C=O) groups is 2. The number of benzene rings is 2. The minimum Gasteiger partial charge on any atom is -0.490 e. The maximum Gasteiger partial charge on any atom is 0.490 e. The Bertz CT molecular complexity index is 1290. The molecule has 1 spiro atoms. The number of alkyl halides is 3. The van der Waals surface area contributed by atoms with E-state index in [9.17, 15) is 28.2 Å². The zero-order valence-corrected chi connectivity index (χ0v) is 24.0. The summed E-state index contributed by atoms with van der Waals surface area (Å²) in [6.45, 7) is 2.97. The molecule has 2 aromatic rings. The summed E-state index contributed by atoms with van der Waals surface area (Å²) in [4.78, 5) is 25.7. The fraction of sp³-hybridized carbons (Fsp3) is 0.500. The van der Waals surface area contributed by atoms with Crippen LogP contribution in [-0.2, 0) is 11.2 Å². The van der Waals surface area contributed by atoms with Gasteiger partial charge in [-0.3, -0.25) is 4.79 Å². The van der Waals surface area contributed by atoms with E-state index in [1.165, 1.54) is 0 Å². The molecule has 2 saturated heterocycles. The molecule has 0 unspecified atom stereocenters. The van der Waals surface area contributed by atoms with Crippen LogP contribution in [0.1, 0.15) is 35.2 Å². The molecule has 1 amide bonds. The van der Waals surface area contributed by atoms with Gasteiger partial charge in [-0.15, -0.1) is 0 Å². The number of rotatable bonds is 6. The molecule has 3 heterocycles. The first-order chi connectivity index (χ1) is 19.7. The van der Waals surface area contributed by atoms with Crippen LogP contribution in [0.25, 0.3) is 0 Å². The van der Waals surface area contributed by atoms with Gasteiger partial charge in [-0.1, -0.05) is 23.2 Å². The van der Waals surface area contributed by atoms with E-state index < -0.39 is 24.4 Å². The second-order valence-corrected chi connectivity index (χ2v) is 11.5. The first-order valence-electron chi connectivity index (χ1n) is 13.3. The van der Waals surface area contributed by atoms with Crippen molar-refractivity contribution in [1.29, 1.82) is 0 Å². The van der Waals surface area contributed by atoms with Crippen LogP contribution in [0.2, 0.25) is 10.0 Å². The summed E-state index contributed by atoms with van der Waals surface area (Å²) in [5, 5.41) is 28.7. The molecule has 3 N–H and O–H groups in total. The Balaban J connectivity index is 0.000000517. The highest BCUT2D eigenvalue weighted by atomic mass is 35.5. The summed E-state index contributed by atoms with van der Waals surface area (Å²) in [6, 6.07) is 10.7. The smallest absolute Gasteiger partial charge is 0.490 e. The summed E-state index contributed by atoms with van der Waals surface area (Å²) >= 11 is 12.3. The van der Waals surface area contributed by atoms with E-state index in [-0.39, 0.29) is 18.1 Å². The van der Waals surface area contributed by atoms with Gasteiger partial charge in [0, 0.05) is 62.0 Å². The van der Waals surface area contributed by atoms with E-state index in [1.807, 2.05) is 18.2 Å². The SMILES string of the molecule is O=C(O)C(F)(F)F.O=C(c1cc(Cl)ccc1OC[C@@H](O)CN1CCC2(CC1)Cc1cc(Cl)ccc1O2)N1CC[C@H](O)C1. The zero-order chi connectivity index (χ0) is 30.7. The molecule has 0 aliphatic carbocycles. The number of likely N-dealkylation sites (tertiary alicyclic amines) is 2. The van der Waals surface area contributed by atoms with Crippen molar-refractivity contribution < 1.29 is 47.6 Å². The van der Waals surface area contributed by atoms with Crippen LogP contribution in [-0.4, -0.2) is 100 Å². The van der Waals surface area contributed by atoms with Crippen LogP contribution in [0.4, 0.5) is 13.2 Å². The van der Waals surface area contributed by atoms with Crippen molar-refractivity contribution in [3.8, 4) is 11.5 Å². The number of fused-ring (bicyclic) bond motifs is 1. The van der Waals surface area contributed by atoms with Crippen LogP contribution in [0.15, 0.2) is 36.4 Å². The minimum atomic E-state index is -5.08. The molecule has 5 rings (SSSR count). The van der Waals surface area contributed by atoms with Gasteiger partial charge in [0.25, 0.3) is 5.91 Å². The zero-order valence-electron chi connectivity index (χ0n) is 22.4. The van der Waals surface area contributed by atoms with Crippen LogP contribution in [0, 0.1) is 0 Å². The molecule has 2 atom stereocenters. The average Bonchev–Trinajstić information content (AvgIpc) is 3.51. The Morgan fingerprint density at radius 1 is 1.10 bits per heavy atom. The number of hydrogen-bond donors (Lipinski definition) is 3. The highest BCUT2D eigenvalue weighted by molar-refractivity contribution is 6.31. The van der Waals surface area contributed by atoms with Crippen LogP contribution in [0.3, 0.4) is 0 Å². The van der Waals surface area contributed by atoms with E-state index in [2.05, 4.69) is 4.90 Å². The van der Waals surface area contributed by atoms with Gasteiger partial charge in [-0.25, -0.2) is 4.79 Å². The molecule has 2 fully saturated rings. The Hall–Kier alpha value is -2.77. The largest absolute Gasteiger partial charge is 0.490 e. The third kappa shape index (κ3) is 8.19. The van der Waals surface area contributed by atoms with Gasteiger partial charge in [0.05, 0.1) is 11.7 Å². The number of aliphatic carboxylic acids is 1. The molecule has 3 aliphatic rings. The Morgan fingerprint density at radius 2 is 1.74 bits per heavy atom. The van der Waals surface area contributed by atoms with Gasteiger partial charge < -0.3 is 34.6 Å². The Morgan fingerprint density at radius 3 is 2.36 bits per heavy atom. The van der Waals surface area contributed by atoms with Crippen LogP contribution >= 0.6 is 23.2 Å². The average molecular weight is 635 g/mol. The number of nitrogens with zero attached hydrogens (tertiary/aromatic N) is 2. The fourth-order valence-electron chi connectivity index (χ4n) is 5.25. The number of aliphatic hydroxyl groups is 2. The van der Waals surface area contributed by atoms with Gasteiger partial charge in [-0.05, 0) is 48.4 Å². The molecular formula is C28H31Cl2F3N2O7. The first-order valence-corrected chi connectivity index (χ1v) is 14.1. The summed E-state index contributed by atoms with van der Waals surface area (Å²) in [7, 11) is 0. The molecule has 14 heteroatoms. The third-order valence-corrected chi connectivity index (χ3v) is 7.86. The number of ether oxygens (including phenoxy) is 2. The van der Waals surface area contributed by atoms with Gasteiger partial charge >= 0.3 is 12.1 Å². The molecule has 3 aliphatic heterocycles. The minimum absolute atomic E-state index is 0.0621. The second-order valence-electron chi connectivity index (χ2n) is 10.6. The number of carboxylic acid groups (broad SMARTS) is 1. The molecule has 230 valence electrons. The van der Waals surface area contributed by atoms with E-state index in [4.69, 9.17) is 42.6 Å². The number of carboxylic acids is 1. The number of piperidine rings is 1. The maximum absolute atomic E-state index is 12.9. The van der Waals surface area contributed by atoms with Gasteiger partial charge in [0.1, 0.15) is 29.8 Å². The molecule has 42 heavy (non-hydrogen) atoms. The maximum atomic E-state index is 12.9. The van der Waals surface area contributed by atoms with Crippen molar-refractivity contribution in [2.45, 2.75) is 49.7 Å². The number of aliphatic hydroxyl groups excluding tert-OH is 2.